The van der Waals surface area contributed by atoms with Gasteiger partial charge in [0.15, 0.2) is 0 Å². The fraction of sp³-hybridized carbons (Fsp3) is 0.533. The molecule has 108 valence electrons. The van der Waals surface area contributed by atoms with Crippen LogP contribution in [-0.4, -0.2) is 28.6 Å². The van der Waals surface area contributed by atoms with E-state index in [1.54, 1.807) is 0 Å². The highest BCUT2D eigenvalue weighted by atomic mass is 79.9. The zero-order valence-corrected chi connectivity index (χ0v) is 13.4. The highest BCUT2D eigenvalue weighted by Crippen LogP contribution is 2.42. The molecule has 0 amide bonds. The SMILES string of the molecule is O=C(O)C1C2CCCC2CN1Cc1ccc(Br)c(Cl)c1. The summed E-state index contributed by atoms with van der Waals surface area (Å²) in [4.78, 5) is 13.7. The van der Waals surface area contributed by atoms with Gasteiger partial charge in [-0.15, -0.1) is 0 Å². The Kier molecular flexibility index (Phi) is 4.07. The number of hydrogen-bond donors (Lipinski definition) is 1. The minimum atomic E-state index is -0.678. The van der Waals surface area contributed by atoms with Gasteiger partial charge in [-0.3, -0.25) is 9.69 Å². The number of likely N-dealkylation sites (tertiary alicyclic amines) is 1. The van der Waals surface area contributed by atoms with Crippen molar-refractivity contribution in [1.29, 1.82) is 0 Å². The number of aliphatic carboxylic acids is 1. The zero-order valence-electron chi connectivity index (χ0n) is 11.1. The van der Waals surface area contributed by atoms with Crippen molar-refractivity contribution in [2.75, 3.05) is 6.54 Å². The van der Waals surface area contributed by atoms with E-state index in [1.165, 1.54) is 12.8 Å². The number of carbonyl (C=O) groups is 1. The molecule has 5 heteroatoms. The number of carboxylic acids is 1. The number of carboxylic acid groups (broad SMARTS) is 1. The van der Waals surface area contributed by atoms with E-state index in [-0.39, 0.29) is 6.04 Å². The lowest BCUT2D eigenvalue weighted by molar-refractivity contribution is -0.143. The van der Waals surface area contributed by atoms with Gasteiger partial charge in [-0.25, -0.2) is 0 Å². The first-order valence-corrected chi connectivity index (χ1v) is 8.14. The van der Waals surface area contributed by atoms with E-state index in [1.807, 2.05) is 18.2 Å². The van der Waals surface area contributed by atoms with Crippen molar-refractivity contribution in [3.05, 3.63) is 33.3 Å². The molecular weight excluding hydrogens is 342 g/mol. The van der Waals surface area contributed by atoms with Crippen LogP contribution in [0.2, 0.25) is 5.02 Å². The van der Waals surface area contributed by atoms with Gasteiger partial charge in [0.2, 0.25) is 0 Å². The van der Waals surface area contributed by atoms with E-state index in [0.29, 0.717) is 23.4 Å². The number of halogens is 2. The van der Waals surface area contributed by atoms with Crippen LogP contribution < -0.4 is 0 Å². The van der Waals surface area contributed by atoms with Crippen molar-refractivity contribution >= 4 is 33.5 Å². The third kappa shape index (κ3) is 2.61. The molecule has 1 N–H and O–H groups in total. The summed E-state index contributed by atoms with van der Waals surface area (Å²) in [6, 6.07) is 5.51. The highest BCUT2D eigenvalue weighted by molar-refractivity contribution is 9.10. The van der Waals surface area contributed by atoms with Gasteiger partial charge in [0, 0.05) is 17.6 Å². The molecule has 0 radical (unpaired) electrons. The van der Waals surface area contributed by atoms with E-state index in [0.717, 1.165) is 23.0 Å². The van der Waals surface area contributed by atoms with Crippen LogP contribution in [0.5, 0.6) is 0 Å². The van der Waals surface area contributed by atoms with E-state index >= 15 is 0 Å². The number of fused-ring (bicyclic) bond motifs is 1. The number of benzene rings is 1. The fourth-order valence-electron chi connectivity index (χ4n) is 3.77. The normalized spacial score (nSPS) is 29.6. The second-order valence-electron chi connectivity index (χ2n) is 5.82. The first-order chi connectivity index (χ1) is 9.56. The zero-order chi connectivity index (χ0) is 14.3. The Bertz CT molecular complexity index is 537. The average molecular weight is 359 g/mol. The summed E-state index contributed by atoms with van der Waals surface area (Å²) in [6.45, 7) is 1.56. The van der Waals surface area contributed by atoms with Gasteiger partial charge >= 0.3 is 5.97 Å². The van der Waals surface area contributed by atoms with Crippen molar-refractivity contribution < 1.29 is 9.90 Å². The maximum Gasteiger partial charge on any atom is 0.321 e. The molecular formula is C15H17BrClNO2. The van der Waals surface area contributed by atoms with Gasteiger partial charge in [-0.1, -0.05) is 24.1 Å². The summed E-state index contributed by atoms with van der Waals surface area (Å²) in [5, 5.41) is 10.2. The van der Waals surface area contributed by atoms with Crippen molar-refractivity contribution in [3.63, 3.8) is 0 Å². The molecule has 20 heavy (non-hydrogen) atoms. The minimum Gasteiger partial charge on any atom is -0.480 e. The van der Waals surface area contributed by atoms with Crippen LogP contribution in [0.4, 0.5) is 0 Å². The lowest BCUT2D eigenvalue weighted by Crippen LogP contribution is -2.39. The first-order valence-electron chi connectivity index (χ1n) is 6.97. The van der Waals surface area contributed by atoms with Crippen molar-refractivity contribution in [1.82, 2.24) is 4.90 Å². The van der Waals surface area contributed by atoms with E-state index in [2.05, 4.69) is 20.8 Å². The maximum absolute atomic E-state index is 11.6. The maximum atomic E-state index is 11.6. The van der Waals surface area contributed by atoms with Crippen LogP contribution in [0, 0.1) is 11.8 Å². The molecule has 3 rings (SSSR count). The molecule has 0 aromatic heterocycles. The third-order valence-corrected chi connectivity index (χ3v) is 5.84. The third-order valence-electron chi connectivity index (χ3n) is 4.61. The van der Waals surface area contributed by atoms with Crippen molar-refractivity contribution in [2.45, 2.75) is 31.8 Å². The van der Waals surface area contributed by atoms with Crippen LogP contribution in [-0.2, 0) is 11.3 Å². The largest absolute Gasteiger partial charge is 0.480 e. The Morgan fingerprint density at radius 3 is 2.95 bits per heavy atom. The predicted molar refractivity (Wildman–Crippen MR) is 81.8 cm³/mol. The number of hydrogen-bond acceptors (Lipinski definition) is 2. The second-order valence-corrected chi connectivity index (χ2v) is 7.08. The molecule has 1 aromatic rings. The Morgan fingerprint density at radius 2 is 2.25 bits per heavy atom. The van der Waals surface area contributed by atoms with Crippen LogP contribution >= 0.6 is 27.5 Å². The molecule has 3 nitrogen and oxygen atoms in total. The Morgan fingerprint density at radius 1 is 1.45 bits per heavy atom. The summed E-state index contributed by atoms with van der Waals surface area (Å²) in [5.41, 5.74) is 1.07. The highest BCUT2D eigenvalue weighted by Gasteiger charge is 2.47. The lowest BCUT2D eigenvalue weighted by Gasteiger charge is -2.24. The molecule has 1 aromatic carbocycles. The molecule has 3 unspecified atom stereocenters. The lowest BCUT2D eigenvalue weighted by atomic mass is 9.94. The van der Waals surface area contributed by atoms with Gasteiger partial charge in [0.25, 0.3) is 0 Å². The molecule has 1 saturated carbocycles. The minimum absolute atomic E-state index is 0.329. The average Bonchev–Trinajstić information content (AvgIpc) is 2.93. The summed E-state index contributed by atoms with van der Waals surface area (Å²) < 4.78 is 0.871. The second kappa shape index (κ2) is 5.66. The van der Waals surface area contributed by atoms with Crippen LogP contribution in [0.25, 0.3) is 0 Å². The van der Waals surface area contributed by atoms with Crippen molar-refractivity contribution in [2.24, 2.45) is 11.8 Å². The summed E-state index contributed by atoms with van der Waals surface area (Å²) in [6.07, 6.45) is 3.41. The summed E-state index contributed by atoms with van der Waals surface area (Å²) in [5.74, 6) is 0.211. The van der Waals surface area contributed by atoms with Crippen LogP contribution in [0.3, 0.4) is 0 Å². The smallest absolute Gasteiger partial charge is 0.321 e. The molecule has 1 saturated heterocycles. The predicted octanol–water partition coefficient (Wildman–Crippen LogP) is 3.79. The number of rotatable bonds is 3. The monoisotopic (exact) mass is 357 g/mol. The van der Waals surface area contributed by atoms with Gasteiger partial charge in [-0.2, -0.15) is 0 Å². The van der Waals surface area contributed by atoms with E-state index in [4.69, 9.17) is 11.6 Å². The van der Waals surface area contributed by atoms with E-state index < -0.39 is 5.97 Å². The van der Waals surface area contributed by atoms with Gasteiger partial charge in [-0.05, 0) is 58.3 Å². The molecule has 1 aliphatic carbocycles. The Hall–Kier alpha value is -0.580. The molecule has 1 aliphatic heterocycles. The van der Waals surface area contributed by atoms with Crippen molar-refractivity contribution in [3.8, 4) is 0 Å². The molecule has 0 spiro atoms. The fourth-order valence-corrected chi connectivity index (χ4v) is 4.22. The molecule has 2 aliphatic rings. The Labute approximate surface area is 132 Å². The van der Waals surface area contributed by atoms with Crippen LogP contribution in [0.15, 0.2) is 22.7 Å². The molecule has 1 heterocycles. The Balaban J connectivity index is 1.79. The molecule has 2 fully saturated rings. The number of nitrogens with zero attached hydrogens (tertiary/aromatic N) is 1. The van der Waals surface area contributed by atoms with Gasteiger partial charge in [0.05, 0.1) is 5.02 Å². The summed E-state index contributed by atoms with van der Waals surface area (Å²) in [7, 11) is 0. The molecule has 0 bridgehead atoms. The standard InChI is InChI=1S/C15H17BrClNO2/c16-12-5-4-9(6-13(12)17)7-18-8-10-2-1-3-11(10)14(18)15(19)20/h4-6,10-11,14H,1-3,7-8H2,(H,19,20). The first kappa shape index (κ1) is 14.4. The van der Waals surface area contributed by atoms with Gasteiger partial charge < -0.3 is 5.11 Å². The van der Waals surface area contributed by atoms with Crippen LogP contribution in [0.1, 0.15) is 24.8 Å². The quantitative estimate of drug-likeness (QED) is 0.894. The van der Waals surface area contributed by atoms with Gasteiger partial charge in [0.1, 0.15) is 6.04 Å². The topological polar surface area (TPSA) is 40.5 Å². The van der Waals surface area contributed by atoms with E-state index in [9.17, 15) is 9.90 Å². The summed E-state index contributed by atoms with van der Waals surface area (Å²) >= 11 is 9.49. The molecule has 3 atom stereocenters.